The molecule has 27 heavy (non-hydrogen) atoms. The number of carbonyl (C=O) groups is 2. The quantitative estimate of drug-likeness (QED) is 0.690. The van der Waals surface area contributed by atoms with Gasteiger partial charge >= 0.3 is 5.97 Å². The van der Waals surface area contributed by atoms with Crippen LogP contribution in [-0.4, -0.2) is 43.9 Å². The molecule has 7 nitrogen and oxygen atoms in total. The zero-order valence-corrected chi connectivity index (χ0v) is 15.5. The number of hydrogen-bond acceptors (Lipinski definition) is 6. The highest BCUT2D eigenvalue weighted by molar-refractivity contribution is 5.94. The van der Waals surface area contributed by atoms with Crippen molar-refractivity contribution in [3.8, 4) is 17.2 Å². The highest BCUT2D eigenvalue weighted by Gasteiger charge is 2.21. The van der Waals surface area contributed by atoms with Crippen LogP contribution in [0.1, 0.15) is 22.8 Å². The maximum absolute atomic E-state index is 12.1. The number of rotatable bonds is 8. The molecule has 2 rings (SSSR count). The maximum atomic E-state index is 12.1. The SMILES string of the molecule is COc1ccc(CCNC(=O)[C@@H](C)OC(=O)c2ccc(OC)cc2O)cc1. The van der Waals surface area contributed by atoms with Crippen LogP contribution in [0.15, 0.2) is 42.5 Å². The van der Waals surface area contributed by atoms with Crippen molar-refractivity contribution in [2.75, 3.05) is 20.8 Å². The van der Waals surface area contributed by atoms with E-state index in [0.717, 1.165) is 11.3 Å². The summed E-state index contributed by atoms with van der Waals surface area (Å²) in [6.45, 7) is 1.88. The molecule has 144 valence electrons. The summed E-state index contributed by atoms with van der Waals surface area (Å²) in [7, 11) is 3.05. The average Bonchev–Trinajstić information content (AvgIpc) is 2.68. The number of esters is 1. The molecule has 0 radical (unpaired) electrons. The lowest BCUT2D eigenvalue weighted by atomic mass is 10.1. The van der Waals surface area contributed by atoms with Crippen LogP contribution in [0.4, 0.5) is 0 Å². The minimum atomic E-state index is -0.991. The first kappa shape index (κ1) is 20.1. The van der Waals surface area contributed by atoms with E-state index < -0.39 is 18.0 Å². The molecule has 7 heteroatoms. The Hall–Kier alpha value is -3.22. The van der Waals surface area contributed by atoms with Gasteiger partial charge in [0, 0.05) is 12.6 Å². The van der Waals surface area contributed by atoms with Gasteiger partial charge in [-0.15, -0.1) is 0 Å². The second-order valence-electron chi connectivity index (χ2n) is 5.82. The molecule has 2 aromatic rings. The topological polar surface area (TPSA) is 94.1 Å². The van der Waals surface area contributed by atoms with Gasteiger partial charge in [-0.05, 0) is 43.2 Å². The van der Waals surface area contributed by atoms with Crippen molar-refractivity contribution >= 4 is 11.9 Å². The Morgan fingerprint density at radius 3 is 2.26 bits per heavy atom. The highest BCUT2D eigenvalue weighted by Crippen LogP contribution is 2.24. The minimum absolute atomic E-state index is 0.0336. The third kappa shape index (κ3) is 5.64. The second kappa shape index (κ2) is 9.47. The number of benzene rings is 2. The lowest BCUT2D eigenvalue weighted by Gasteiger charge is -2.14. The van der Waals surface area contributed by atoms with E-state index in [1.807, 2.05) is 24.3 Å². The lowest BCUT2D eigenvalue weighted by Crippen LogP contribution is -2.36. The third-order valence-corrected chi connectivity index (χ3v) is 3.95. The van der Waals surface area contributed by atoms with Crippen LogP contribution in [0.2, 0.25) is 0 Å². The zero-order valence-electron chi connectivity index (χ0n) is 15.5. The molecule has 0 aliphatic heterocycles. The number of carbonyl (C=O) groups excluding carboxylic acids is 2. The number of aromatic hydroxyl groups is 1. The highest BCUT2D eigenvalue weighted by atomic mass is 16.5. The van der Waals surface area contributed by atoms with Crippen molar-refractivity contribution in [3.05, 3.63) is 53.6 Å². The molecule has 0 saturated carbocycles. The van der Waals surface area contributed by atoms with Crippen molar-refractivity contribution in [1.82, 2.24) is 5.32 Å². The summed E-state index contributed by atoms with van der Waals surface area (Å²) in [6, 6.07) is 11.7. The van der Waals surface area contributed by atoms with E-state index in [0.29, 0.717) is 18.7 Å². The molecule has 0 unspecified atom stereocenters. The lowest BCUT2D eigenvalue weighted by molar-refractivity contribution is -0.129. The van der Waals surface area contributed by atoms with Crippen molar-refractivity contribution in [2.24, 2.45) is 0 Å². The van der Waals surface area contributed by atoms with E-state index in [1.54, 1.807) is 7.11 Å². The molecule has 0 spiro atoms. The summed E-state index contributed by atoms with van der Waals surface area (Å²) in [4.78, 5) is 24.2. The average molecular weight is 373 g/mol. The predicted molar refractivity (Wildman–Crippen MR) is 99.2 cm³/mol. The Kier molecular flexibility index (Phi) is 7.05. The molecule has 2 N–H and O–H groups in total. The summed E-state index contributed by atoms with van der Waals surface area (Å²) in [5.41, 5.74) is 1.01. The molecular formula is C20H23NO6. The van der Waals surface area contributed by atoms with Gasteiger partial charge < -0.3 is 24.6 Å². The molecule has 2 aromatic carbocycles. The minimum Gasteiger partial charge on any atom is -0.507 e. The molecule has 0 saturated heterocycles. The van der Waals surface area contributed by atoms with Gasteiger partial charge in [-0.3, -0.25) is 4.79 Å². The van der Waals surface area contributed by atoms with Crippen LogP contribution in [-0.2, 0) is 16.0 Å². The molecule has 0 heterocycles. The van der Waals surface area contributed by atoms with Crippen LogP contribution < -0.4 is 14.8 Å². The third-order valence-electron chi connectivity index (χ3n) is 3.95. The molecule has 1 amide bonds. The first-order valence-corrected chi connectivity index (χ1v) is 8.43. The van der Waals surface area contributed by atoms with E-state index in [2.05, 4.69) is 5.32 Å². The van der Waals surface area contributed by atoms with Crippen LogP contribution in [0.3, 0.4) is 0 Å². The van der Waals surface area contributed by atoms with E-state index in [9.17, 15) is 14.7 Å². The maximum Gasteiger partial charge on any atom is 0.342 e. The monoisotopic (exact) mass is 373 g/mol. The first-order valence-electron chi connectivity index (χ1n) is 8.43. The van der Waals surface area contributed by atoms with Crippen molar-refractivity contribution in [1.29, 1.82) is 0 Å². The predicted octanol–water partition coefficient (Wildman–Crippen LogP) is 2.31. The number of hydrogen-bond donors (Lipinski definition) is 2. The fourth-order valence-electron chi connectivity index (χ4n) is 2.35. The number of ether oxygens (including phenoxy) is 3. The van der Waals surface area contributed by atoms with Gasteiger partial charge in [-0.1, -0.05) is 12.1 Å². The van der Waals surface area contributed by atoms with Gasteiger partial charge in [0.1, 0.15) is 22.8 Å². The van der Waals surface area contributed by atoms with Gasteiger partial charge in [-0.25, -0.2) is 4.79 Å². The summed E-state index contributed by atoms with van der Waals surface area (Å²) in [5.74, 6) is -0.289. The van der Waals surface area contributed by atoms with E-state index >= 15 is 0 Å². The van der Waals surface area contributed by atoms with Crippen molar-refractivity contribution < 1.29 is 28.9 Å². The Labute approximate surface area is 157 Å². The first-order chi connectivity index (χ1) is 12.9. The standard InChI is InChI=1S/C20H23NO6/c1-13(27-20(24)17-9-8-16(26-3)12-18(17)22)19(23)21-11-10-14-4-6-15(25-2)7-5-14/h4-9,12-13,22H,10-11H2,1-3H3,(H,21,23)/t13-/m1/s1. The number of phenolic OH excluding ortho intramolecular Hbond substituents is 1. The fourth-order valence-corrected chi connectivity index (χ4v) is 2.35. The van der Waals surface area contributed by atoms with E-state index in [4.69, 9.17) is 14.2 Å². The van der Waals surface area contributed by atoms with Gasteiger partial charge in [0.2, 0.25) is 0 Å². The summed E-state index contributed by atoms with van der Waals surface area (Å²) in [6.07, 6.45) is -0.356. The van der Waals surface area contributed by atoms with Crippen LogP contribution in [0.5, 0.6) is 17.2 Å². The van der Waals surface area contributed by atoms with Crippen molar-refractivity contribution in [2.45, 2.75) is 19.4 Å². The molecule has 0 aliphatic rings. The van der Waals surface area contributed by atoms with E-state index in [-0.39, 0.29) is 11.3 Å². The Balaban J connectivity index is 1.83. The summed E-state index contributed by atoms with van der Waals surface area (Å²) in [5, 5.41) is 12.6. The summed E-state index contributed by atoms with van der Waals surface area (Å²) >= 11 is 0. The molecule has 0 fully saturated rings. The largest absolute Gasteiger partial charge is 0.507 e. The Morgan fingerprint density at radius 2 is 1.67 bits per heavy atom. The van der Waals surface area contributed by atoms with E-state index in [1.165, 1.54) is 32.2 Å². The van der Waals surface area contributed by atoms with Crippen molar-refractivity contribution in [3.63, 3.8) is 0 Å². The second-order valence-corrected chi connectivity index (χ2v) is 5.82. The molecular weight excluding hydrogens is 350 g/mol. The van der Waals surface area contributed by atoms with Gasteiger partial charge in [0.25, 0.3) is 5.91 Å². The van der Waals surface area contributed by atoms with Gasteiger partial charge in [0.15, 0.2) is 6.10 Å². The van der Waals surface area contributed by atoms with Gasteiger partial charge in [-0.2, -0.15) is 0 Å². The number of nitrogens with one attached hydrogen (secondary N) is 1. The molecule has 0 bridgehead atoms. The Bertz CT molecular complexity index is 788. The molecule has 1 atom stereocenters. The van der Waals surface area contributed by atoms with Gasteiger partial charge in [0.05, 0.1) is 14.2 Å². The smallest absolute Gasteiger partial charge is 0.342 e. The fraction of sp³-hybridized carbons (Fsp3) is 0.300. The Morgan fingerprint density at radius 1 is 1.04 bits per heavy atom. The normalized spacial score (nSPS) is 11.4. The number of methoxy groups -OCH3 is 2. The van der Waals surface area contributed by atoms with Crippen LogP contribution in [0.25, 0.3) is 0 Å². The number of phenols is 1. The number of amides is 1. The van der Waals surface area contributed by atoms with Crippen LogP contribution in [0, 0.1) is 0 Å². The summed E-state index contributed by atoms with van der Waals surface area (Å²) < 4.78 is 15.2. The van der Waals surface area contributed by atoms with Crippen LogP contribution >= 0.6 is 0 Å². The zero-order chi connectivity index (χ0) is 19.8. The molecule has 0 aromatic heterocycles. The molecule has 0 aliphatic carbocycles.